The number of aromatic nitrogens is 2. The van der Waals surface area contributed by atoms with Gasteiger partial charge in [-0.2, -0.15) is 5.10 Å². The van der Waals surface area contributed by atoms with E-state index >= 15 is 0 Å². The fraction of sp³-hybridized carbons (Fsp3) is 0.692. The molecule has 2 fully saturated rings. The topological polar surface area (TPSA) is 34.9 Å². The average Bonchev–Trinajstić information content (AvgIpc) is 2.71. The molecule has 1 aromatic heterocycles. The minimum Gasteiger partial charge on any atom is -0.299 e. The third-order valence-corrected chi connectivity index (χ3v) is 4.12. The molecule has 2 aliphatic carbocycles. The van der Waals surface area contributed by atoms with E-state index in [1.54, 1.807) is 4.68 Å². The Morgan fingerprint density at radius 2 is 2.19 bits per heavy atom. The summed E-state index contributed by atoms with van der Waals surface area (Å²) in [6.07, 6.45) is 9.17. The minimum atomic E-state index is 0.389. The number of carbonyl (C=O) groups excluding carboxylic acids is 1. The number of nitrogens with zero attached hydrogens (tertiary/aromatic N) is 2. The van der Waals surface area contributed by atoms with Crippen molar-refractivity contribution in [2.24, 2.45) is 24.8 Å². The van der Waals surface area contributed by atoms with Gasteiger partial charge in [0.15, 0.2) is 0 Å². The third kappa shape index (κ3) is 1.91. The third-order valence-electron chi connectivity index (χ3n) is 4.12. The molecule has 1 heterocycles. The fourth-order valence-electron chi connectivity index (χ4n) is 3.05. The van der Waals surface area contributed by atoms with Crippen molar-refractivity contribution in [1.82, 2.24) is 9.78 Å². The minimum absolute atomic E-state index is 0.389. The number of hydrogen-bond acceptors (Lipinski definition) is 2. The van der Waals surface area contributed by atoms with Gasteiger partial charge in [0, 0.05) is 25.6 Å². The number of Topliss-reactive ketones (excluding diaryl/α,β-unsaturated/α-hetero) is 1. The molecule has 0 saturated heterocycles. The molecule has 0 radical (unpaired) electrons. The lowest BCUT2D eigenvalue weighted by atomic mass is 9.94. The highest BCUT2D eigenvalue weighted by atomic mass is 16.1. The highest BCUT2D eigenvalue weighted by Crippen LogP contribution is 2.54. The highest BCUT2D eigenvalue weighted by Gasteiger charge is 2.47. The van der Waals surface area contributed by atoms with Crippen molar-refractivity contribution in [1.29, 1.82) is 0 Å². The van der Waals surface area contributed by atoms with E-state index in [4.69, 9.17) is 0 Å². The number of ketones is 1. The summed E-state index contributed by atoms with van der Waals surface area (Å²) in [7, 11) is 1.91. The molecule has 2 unspecified atom stereocenters. The quantitative estimate of drug-likeness (QED) is 0.774. The zero-order valence-electron chi connectivity index (χ0n) is 9.72. The van der Waals surface area contributed by atoms with Gasteiger partial charge in [-0.25, -0.2) is 0 Å². The maximum atomic E-state index is 12.0. The molecular formula is C13H18N2O. The largest absolute Gasteiger partial charge is 0.299 e. The molecule has 3 rings (SSSR count). The molecular weight excluding hydrogens is 200 g/mol. The molecule has 2 saturated carbocycles. The summed E-state index contributed by atoms with van der Waals surface area (Å²) in [6.45, 7) is 0. The SMILES string of the molecule is Cn1cc(CCC(=O)C2CC3CC3C2)cn1. The van der Waals surface area contributed by atoms with Gasteiger partial charge in [-0.3, -0.25) is 9.48 Å². The van der Waals surface area contributed by atoms with E-state index in [0.717, 1.165) is 18.3 Å². The van der Waals surface area contributed by atoms with Gasteiger partial charge >= 0.3 is 0 Å². The van der Waals surface area contributed by atoms with E-state index < -0.39 is 0 Å². The van der Waals surface area contributed by atoms with Crippen LogP contribution in [0, 0.1) is 17.8 Å². The monoisotopic (exact) mass is 218 g/mol. The number of fused-ring (bicyclic) bond motifs is 1. The molecule has 3 heteroatoms. The molecule has 2 aliphatic rings. The molecule has 86 valence electrons. The average molecular weight is 218 g/mol. The van der Waals surface area contributed by atoms with Crippen molar-refractivity contribution in [3.8, 4) is 0 Å². The zero-order chi connectivity index (χ0) is 11.1. The predicted octanol–water partition coefficient (Wildman–Crippen LogP) is 1.97. The van der Waals surface area contributed by atoms with Gasteiger partial charge in [-0.05, 0) is 43.1 Å². The Morgan fingerprint density at radius 3 is 2.81 bits per heavy atom. The summed E-state index contributed by atoms with van der Waals surface area (Å²) in [5, 5.41) is 4.12. The Bertz CT molecular complexity index is 400. The summed E-state index contributed by atoms with van der Waals surface area (Å²) >= 11 is 0. The molecule has 0 aliphatic heterocycles. The Morgan fingerprint density at radius 1 is 1.44 bits per heavy atom. The first kappa shape index (κ1) is 10.1. The van der Waals surface area contributed by atoms with Crippen molar-refractivity contribution in [2.45, 2.75) is 32.1 Å². The number of rotatable bonds is 4. The Balaban J connectivity index is 1.49. The van der Waals surface area contributed by atoms with Gasteiger partial charge in [-0.15, -0.1) is 0 Å². The standard InChI is InChI=1S/C13H18N2O/c1-15-8-9(7-14-15)2-3-13(16)12-5-10-4-11(10)6-12/h7-8,10-12H,2-6H2,1H3. The lowest BCUT2D eigenvalue weighted by molar-refractivity contribution is -0.122. The maximum absolute atomic E-state index is 12.0. The van der Waals surface area contributed by atoms with Crippen molar-refractivity contribution < 1.29 is 4.79 Å². The van der Waals surface area contributed by atoms with Gasteiger partial charge in [0.2, 0.25) is 0 Å². The van der Waals surface area contributed by atoms with Crippen molar-refractivity contribution in [2.75, 3.05) is 0 Å². The van der Waals surface area contributed by atoms with Crippen LogP contribution in [0.3, 0.4) is 0 Å². The normalized spacial score (nSPS) is 31.4. The van der Waals surface area contributed by atoms with Crippen LogP contribution in [0.25, 0.3) is 0 Å². The first-order valence-electron chi connectivity index (χ1n) is 6.22. The van der Waals surface area contributed by atoms with Crippen LogP contribution in [0.1, 0.15) is 31.2 Å². The Kier molecular flexibility index (Phi) is 2.34. The Hall–Kier alpha value is -1.12. The van der Waals surface area contributed by atoms with Crippen LogP contribution in [-0.4, -0.2) is 15.6 Å². The molecule has 0 bridgehead atoms. The van der Waals surface area contributed by atoms with Crippen molar-refractivity contribution in [3.63, 3.8) is 0 Å². The van der Waals surface area contributed by atoms with Crippen LogP contribution < -0.4 is 0 Å². The van der Waals surface area contributed by atoms with E-state index in [2.05, 4.69) is 5.10 Å². The van der Waals surface area contributed by atoms with Gasteiger partial charge in [0.25, 0.3) is 0 Å². The van der Waals surface area contributed by atoms with Gasteiger partial charge in [-0.1, -0.05) is 0 Å². The molecule has 0 aromatic carbocycles. The first-order chi connectivity index (χ1) is 7.72. The molecule has 3 nitrogen and oxygen atoms in total. The van der Waals surface area contributed by atoms with Crippen molar-refractivity contribution >= 4 is 5.78 Å². The van der Waals surface area contributed by atoms with E-state index in [1.807, 2.05) is 19.4 Å². The molecule has 0 N–H and O–H groups in total. The fourth-order valence-corrected chi connectivity index (χ4v) is 3.05. The van der Waals surface area contributed by atoms with Gasteiger partial charge < -0.3 is 0 Å². The van der Waals surface area contributed by atoms with Gasteiger partial charge in [0.05, 0.1) is 6.20 Å². The summed E-state index contributed by atoms with van der Waals surface area (Å²) in [5.74, 6) is 2.69. The predicted molar refractivity (Wildman–Crippen MR) is 60.9 cm³/mol. The zero-order valence-corrected chi connectivity index (χ0v) is 9.72. The molecule has 16 heavy (non-hydrogen) atoms. The van der Waals surface area contributed by atoms with Crippen LogP contribution in [0.5, 0.6) is 0 Å². The summed E-state index contributed by atoms with van der Waals surface area (Å²) in [6, 6.07) is 0. The lowest BCUT2D eigenvalue weighted by Crippen LogP contribution is -2.13. The van der Waals surface area contributed by atoms with Gasteiger partial charge in [0.1, 0.15) is 5.78 Å². The van der Waals surface area contributed by atoms with Crippen LogP contribution in [0.15, 0.2) is 12.4 Å². The molecule has 0 amide bonds. The van der Waals surface area contributed by atoms with Crippen LogP contribution in [0.2, 0.25) is 0 Å². The second-order valence-electron chi connectivity index (χ2n) is 5.41. The molecule has 0 spiro atoms. The summed E-state index contributed by atoms with van der Waals surface area (Å²) in [5.41, 5.74) is 1.18. The Labute approximate surface area is 95.8 Å². The number of hydrogen-bond donors (Lipinski definition) is 0. The second kappa shape index (κ2) is 3.72. The van der Waals surface area contributed by atoms with Crippen LogP contribution in [0.4, 0.5) is 0 Å². The lowest BCUT2D eigenvalue weighted by Gasteiger charge is -2.09. The molecule has 1 aromatic rings. The van der Waals surface area contributed by atoms with Crippen molar-refractivity contribution in [3.05, 3.63) is 18.0 Å². The maximum Gasteiger partial charge on any atom is 0.136 e. The van der Waals surface area contributed by atoms with Crippen LogP contribution >= 0.6 is 0 Å². The first-order valence-corrected chi connectivity index (χ1v) is 6.22. The highest BCUT2D eigenvalue weighted by molar-refractivity contribution is 5.81. The second-order valence-corrected chi connectivity index (χ2v) is 5.41. The van der Waals surface area contributed by atoms with E-state index in [9.17, 15) is 4.79 Å². The van der Waals surface area contributed by atoms with E-state index in [0.29, 0.717) is 18.1 Å². The molecule has 2 atom stereocenters. The number of aryl methyl sites for hydroxylation is 2. The smallest absolute Gasteiger partial charge is 0.136 e. The number of carbonyl (C=O) groups is 1. The van der Waals surface area contributed by atoms with Crippen LogP contribution in [-0.2, 0) is 18.3 Å². The van der Waals surface area contributed by atoms with E-state index in [1.165, 1.54) is 24.8 Å². The van der Waals surface area contributed by atoms with E-state index in [-0.39, 0.29) is 0 Å². The summed E-state index contributed by atoms with van der Waals surface area (Å²) in [4.78, 5) is 12.0. The summed E-state index contributed by atoms with van der Waals surface area (Å²) < 4.78 is 1.80.